The molecule has 0 unspecified atom stereocenters. The molecule has 79 heavy (non-hydrogen) atoms. The Hall–Kier alpha value is -5.69. The van der Waals surface area contributed by atoms with Gasteiger partial charge in [0.2, 0.25) is 29.5 Å². The lowest BCUT2D eigenvalue weighted by molar-refractivity contribution is -0.144. The van der Waals surface area contributed by atoms with Crippen LogP contribution in [0.15, 0.2) is 60.4 Å². The topological polar surface area (TPSA) is 259 Å². The zero-order chi connectivity index (χ0) is 56.5. The van der Waals surface area contributed by atoms with Crippen LogP contribution in [0.4, 0.5) is 5.82 Å². The number of carbonyl (C=O) groups is 5. The molecule has 0 spiro atoms. The second-order valence-electron chi connectivity index (χ2n) is 21.2. The predicted molar refractivity (Wildman–Crippen MR) is 298 cm³/mol. The molecule has 4 aromatic rings. The Bertz CT molecular complexity index is 2630. The van der Waals surface area contributed by atoms with Gasteiger partial charge in [-0.3, -0.25) is 24.0 Å². The lowest BCUT2D eigenvalue weighted by Crippen LogP contribution is -2.58. The van der Waals surface area contributed by atoms with Gasteiger partial charge in [-0.2, -0.15) is 0 Å². The van der Waals surface area contributed by atoms with Crippen molar-refractivity contribution in [3.8, 4) is 10.4 Å². The number of amides is 5. The fourth-order valence-electron chi connectivity index (χ4n) is 9.96. The fraction of sp³-hybridized carbons (Fsp3) is 0.571. The number of β-amino-alcohol motifs (C(OH)–C–C–N with tert-alkyl or cyclic N) is 1. The van der Waals surface area contributed by atoms with E-state index in [0.29, 0.717) is 96.0 Å². The van der Waals surface area contributed by atoms with Crippen LogP contribution in [0.2, 0.25) is 5.02 Å². The first-order valence-corrected chi connectivity index (χ1v) is 28.4. The molecule has 0 bridgehead atoms. The van der Waals surface area contributed by atoms with E-state index in [2.05, 4.69) is 48.0 Å². The first-order chi connectivity index (χ1) is 38.0. The van der Waals surface area contributed by atoms with Gasteiger partial charge in [0.05, 0.1) is 86.1 Å². The number of aliphatic hydroxyl groups excluding tert-OH is 2. The van der Waals surface area contributed by atoms with Gasteiger partial charge >= 0.3 is 0 Å². The molecule has 6 N–H and O–H groups in total. The molecular formula is C56H77ClN10O11S. The number of carbonyl (C=O) groups excluding carboxylic acids is 5. The first-order valence-electron chi connectivity index (χ1n) is 27.1. The largest absolute Gasteiger partial charge is 0.391 e. The first kappa shape index (κ1) is 60.9. The van der Waals surface area contributed by atoms with Crippen LogP contribution in [0.5, 0.6) is 0 Å². The second-order valence-corrected chi connectivity index (χ2v) is 22.5. The van der Waals surface area contributed by atoms with E-state index in [1.807, 2.05) is 69.0 Å². The number of benzene rings is 2. The zero-order valence-electron chi connectivity index (χ0n) is 45.9. The lowest BCUT2D eigenvalue weighted by atomic mass is 9.85. The highest BCUT2D eigenvalue weighted by atomic mass is 35.5. The molecule has 23 heteroatoms. The molecule has 2 aromatic heterocycles. The maximum absolute atomic E-state index is 14.0. The molecule has 2 saturated heterocycles. The number of hydrogen-bond acceptors (Lipinski definition) is 17. The van der Waals surface area contributed by atoms with E-state index in [0.717, 1.165) is 38.6 Å². The summed E-state index contributed by atoms with van der Waals surface area (Å²) in [5, 5.41) is 33.5. The number of piperazine rings is 1. The smallest absolute Gasteiger partial charge is 0.246 e. The van der Waals surface area contributed by atoms with Crippen LogP contribution >= 0.6 is 22.9 Å². The maximum atomic E-state index is 14.0. The number of nitrogens with one attached hydrogen (secondary N) is 4. The van der Waals surface area contributed by atoms with Crippen molar-refractivity contribution in [2.24, 2.45) is 5.41 Å². The van der Waals surface area contributed by atoms with Gasteiger partial charge in [0.1, 0.15) is 30.8 Å². The molecule has 4 heterocycles. The third kappa shape index (κ3) is 17.4. The Labute approximate surface area is 471 Å². The molecule has 0 radical (unpaired) electrons. The van der Waals surface area contributed by atoms with Crippen molar-refractivity contribution in [3.63, 3.8) is 0 Å². The standard InChI is InChI=1S/C56H77ClN10O11S/c1-36-28-45(69)49-48(36)52(62-34-61-49)65-17-19-66(20-18-65)54(73)43(39-10-12-41(57)13-11-39)31-58-15-14-46(70)59-16-21-75-22-23-76-24-25-77-26-27-78-33-47(71)64-51(56(3,4)5)55(74)67-32-42(68)29-44(67)53(72)60-30-38-6-8-40(9-7-38)50-37(2)63-35-79-50/h6-13,34-36,42-45,51,58,68-69H,14-33H2,1-5H3,(H,59,70)(H,60,72)(H,64,71)/t36-,42-,43-,44+,45-,51-/m1/s1. The third-order valence-electron chi connectivity index (χ3n) is 14.2. The molecular weight excluding hydrogens is 1060 g/mol. The van der Waals surface area contributed by atoms with Crippen molar-refractivity contribution < 1.29 is 53.1 Å². The normalized spacial score (nSPS) is 19.0. The second kappa shape index (κ2) is 29.7. The lowest BCUT2D eigenvalue weighted by Gasteiger charge is -2.38. The van der Waals surface area contributed by atoms with Gasteiger partial charge < -0.3 is 65.1 Å². The summed E-state index contributed by atoms with van der Waals surface area (Å²) < 4.78 is 22.3. The highest BCUT2D eigenvalue weighted by Gasteiger charge is 2.44. The van der Waals surface area contributed by atoms with Crippen LogP contribution in [0.1, 0.15) is 93.0 Å². The number of aromatic nitrogens is 3. The van der Waals surface area contributed by atoms with Gasteiger partial charge in [-0.1, -0.05) is 75.7 Å². The summed E-state index contributed by atoms with van der Waals surface area (Å²) in [4.78, 5) is 86.7. The summed E-state index contributed by atoms with van der Waals surface area (Å²) >= 11 is 7.75. The minimum absolute atomic E-state index is 0.00484. The number of thiazole rings is 1. The predicted octanol–water partition coefficient (Wildman–Crippen LogP) is 3.51. The van der Waals surface area contributed by atoms with E-state index in [1.54, 1.807) is 29.0 Å². The number of aliphatic hydroxyl groups is 2. The van der Waals surface area contributed by atoms with E-state index in [-0.39, 0.29) is 69.4 Å². The summed E-state index contributed by atoms with van der Waals surface area (Å²) in [7, 11) is 0. The number of aryl methyl sites for hydroxylation is 1. The number of likely N-dealkylation sites (tertiary alicyclic amines) is 1. The van der Waals surface area contributed by atoms with E-state index in [4.69, 9.17) is 30.5 Å². The molecule has 2 fully saturated rings. The fourth-order valence-corrected chi connectivity index (χ4v) is 10.9. The average molecular weight is 1130 g/mol. The van der Waals surface area contributed by atoms with Gasteiger partial charge in [0.25, 0.3) is 0 Å². The van der Waals surface area contributed by atoms with Crippen LogP contribution in [0.25, 0.3) is 10.4 Å². The highest BCUT2D eigenvalue weighted by molar-refractivity contribution is 7.13. The molecule has 2 aliphatic heterocycles. The molecule has 6 atom stereocenters. The number of nitrogens with zero attached hydrogens (tertiary/aromatic N) is 6. The number of anilines is 1. The molecule has 7 rings (SSSR count). The Morgan fingerprint density at radius 1 is 0.797 bits per heavy atom. The summed E-state index contributed by atoms with van der Waals surface area (Å²) in [5.74, 6) is -0.981. The number of fused-ring (bicyclic) bond motifs is 1. The molecule has 1 aliphatic carbocycles. The third-order valence-corrected chi connectivity index (χ3v) is 15.5. The van der Waals surface area contributed by atoms with Crippen LogP contribution in [0.3, 0.4) is 0 Å². The van der Waals surface area contributed by atoms with Crippen LogP contribution in [0, 0.1) is 12.3 Å². The Kier molecular flexibility index (Phi) is 22.9. The van der Waals surface area contributed by atoms with Crippen molar-refractivity contribution in [3.05, 3.63) is 93.5 Å². The number of hydrogen-bond donors (Lipinski definition) is 6. The molecule has 0 saturated carbocycles. The summed E-state index contributed by atoms with van der Waals surface area (Å²) in [6, 6.07) is 13.2. The molecule has 21 nitrogen and oxygen atoms in total. The number of halogens is 1. The van der Waals surface area contributed by atoms with Gasteiger partial charge in [-0.25, -0.2) is 15.0 Å². The van der Waals surface area contributed by atoms with Crippen molar-refractivity contribution in [2.45, 2.75) is 96.6 Å². The molecule has 2 aromatic carbocycles. The minimum atomic E-state index is -0.983. The quantitative estimate of drug-likeness (QED) is 0.0445. The SMILES string of the molecule is Cc1ncsc1-c1ccc(CNC(=O)[C@@H]2C[C@@H](O)CN2C(=O)[C@@H](NC(=O)COCCOCCOCCOCCNC(=O)CCNC[C@@H](C(=O)N2CCN(c3ncnc4c3[C@H](C)C[C@H]4O)CC2)c2ccc(Cl)cc2)C(C)(C)C)cc1. The average Bonchev–Trinajstić information content (AvgIpc) is 4.29. The van der Waals surface area contributed by atoms with E-state index >= 15 is 0 Å². The molecule has 5 amide bonds. The summed E-state index contributed by atoms with van der Waals surface area (Å²) in [6.07, 6.45) is 0.964. The van der Waals surface area contributed by atoms with E-state index in [1.165, 1.54) is 11.2 Å². The van der Waals surface area contributed by atoms with Crippen molar-refractivity contribution in [1.29, 1.82) is 0 Å². The van der Waals surface area contributed by atoms with Crippen LogP contribution < -0.4 is 26.2 Å². The highest BCUT2D eigenvalue weighted by Crippen LogP contribution is 2.43. The van der Waals surface area contributed by atoms with Gasteiger partial charge in [0.15, 0.2) is 0 Å². The van der Waals surface area contributed by atoms with Crippen molar-refractivity contribution in [1.82, 2.24) is 46.0 Å². The minimum Gasteiger partial charge on any atom is -0.391 e. The number of ether oxygens (including phenoxy) is 4. The Morgan fingerprint density at radius 2 is 1.47 bits per heavy atom. The molecule has 430 valence electrons. The number of rotatable bonds is 28. The Balaban J connectivity index is 0.702. The van der Waals surface area contributed by atoms with E-state index < -0.39 is 47.4 Å². The van der Waals surface area contributed by atoms with Gasteiger partial charge in [-0.15, -0.1) is 11.3 Å². The van der Waals surface area contributed by atoms with Crippen molar-refractivity contribution >= 4 is 58.3 Å². The Morgan fingerprint density at radius 3 is 2.13 bits per heavy atom. The van der Waals surface area contributed by atoms with Gasteiger partial charge in [-0.05, 0) is 53.5 Å². The van der Waals surface area contributed by atoms with Crippen LogP contribution in [-0.4, -0.2) is 188 Å². The summed E-state index contributed by atoms with van der Waals surface area (Å²) in [5.41, 5.74) is 6.50. The van der Waals surface area contributed by atoms with Crippen molar-refractivity contribution in [2.75, 3.05) is 110 Å². The van der Waals surface area contributed by atoms with Gasteiger partial charge in [0, 0.05) is 82.3 Å². The molecule has 3 aliphatic rings. The maximum Gasteiger partial charge on any atom is 0.246 e. The van der Waals surface area contributed by atoms with Crippen LogP contribution in [-0.2, 0) is 49.5 Å². The monoisotopic (exact) mass is 1130 g/mol. The zero-order valence-corrected chi connectivity index (χ0v) is 47.5. The van der Waals surface area contributed by atoms with E-state index in [9.17, 15) is 34.2 Å². The summed E-state index contributed by atoms with van der Waals surface area (Å²) in [6.45, 7) is 14.6.